The molecule has 0 saturated heterocycles. The highest BCUT2D eigenvalue weighted by atomic mass is 16.5. The molecule has 3 N–H and O–H groups in total. The Morgan fingerprint density at radius 3 is 0.906 bits per heavy atom. The Morgan fingerprint density at radius 2 is 0.588 bits per heavy atom. The molecule has 0 aliphatic rings. The summed E-state index contributed by atoms with van der Waals surface area (Å²) in [5.74, 6) is -0.0451. The number of aliphatic hydroxyl groups is 2. The van der Waals surface area contributed by atoms with E-state index in [1.165, 1.54) is 353 Å². The van der Waals surface area contributed by atoms with Crippen LogP contribution < -0.4 is 5.32 Å². The van der Waals surface area contributed by atoms with Crippen molar-refractivity contribution in [2.24, 2.45) is 0 Å². The number of aliphatic hydroxyl groups excluding tert-OH is 2. The van der Waals surface area contributed by atoms with Crippen molar-refractivity contribution in [1.82, 2.24) is 5.32 Å². The van der Waals surface area contributed by atoms with E-state index < -0.39 is 12.1 Å². The SMILES string of the molecule is CCCCCC/C=C\C/C=C\CCCCCCCCCC(=O)OCCCCCCCCCCCCCCCCCCCCCCCCCCCCCCCCCCCC(=O)NC(CO)C(O)/C=C/CCCCCCCCCCCCCCCCC. The predicted octanol–water partition coefficient (Wildman–Crippen LogP) is 25.4. The zero-order chi connectivity index (χ0) is 61.3. The third-order valence-corrected chi connectivity index (χ3v) is 18.2. The van der Waals surface area contributed by atoms with Crippen LogP contribution in [0.25, 0.3) is 0 Å². The first kappa shape index (κ1) is 83.1. The van der Waals surface area contributed by atoms with Crippen LogP contribution in [0.3, 0.4) is 0 Å². The molecule has 0 radical (unpaired) electrons. The van der Waals surface area contributed by atoms with Crippen LogP contribution in [-0.4, -0.2) is 47.4 Å². The summed E-state index contributed by atoms with van der Waals surface area (Å²) in [7, 11) is 0. The molecule has 0 saturated carbocycles. The van der Waals surface area contributed by atoms with E-state index in [2.05, 4.69) is 43.5 Å². The number of unbranched alkanes of at least 4 members (excludes halogenated alkanes) is 58. The highest BCUT2D eigenvalue weighted by Gasteiger charge is 2.18. The van der Waals surface area contributed by atoms with Crippen molar-refractivity contribution in [1.29, 1.82) is 0 Å². The van der Waals surface area contributed by atoms with Crippen molar-refractivity contribution in [3.05, 3.63) is 36.5 Å². The molecule has 0 fully saturated rings. The molecule has 0 bridgehead atoms. The van der Waals surface area contributed by atoms with Gasteiger partial charge in [0.1, 0.15) is 0 Å². The van der Waals surface area contributed by atoms with Crippen molar-refractivity contribution >= 4 is 11.9 Å². The topological polar surface area (TPSA) is 95.9 Å². The van der Waals surface area contributed by atoms with Gasteiger partial charge in [-0.3, -0.25) is 9.59 Å². The molecule has 6 nitrogen and oxygen atoms in total. The quantitative estimate of drug-likeness (QED) is 0.0320. The molecule has 0 aromatic heterocycles. The predicted molar refractivity (Wildman–Crippen MR) is 375 cm³/mol. The van der Waals surface area contributed by atoms with E-state index in [0.717, 1.165) is 51.4 Å². The van der Waals surface area contributed by atoms with Crippen LogP contribution in [0, 0.1) is 0 Å². The first-order valence-electron chi connectivity index (χ1n) is 38.8. The molecule has 0 heterocycles. The second-order valence-electron chi connectivity index (χ2n) is 26.7. The van der Waals surface area contributed by atoms with E-state index in [4.69, 9.17) is 4.74 Å². The molecule has 0 aliphatic heterocycles. The second kappa shape index (κ2) is 74.5. The highest BCUT2D eigenvalue weighted by Crippen LogP contribution is 2.20. The minimum Gasteiger partial charge on any atom is -0.466 e. The van der Waals surface area contributed by atoms with Gasteiger partial charge in [0.25, 0.3) is 0 Å². The van der Waals surface area contributed by atoms with Crippen LogP contribution >= 0.6 is 0 Å². The average molecular weight is 1200 g/mol. The molecule has 502 valence electrons. The zero-order valence-electron chi connectivity index (χ0n) is 57.6. The number of hydrogen-bond donors (Lipinski definition) is 3. The fraction of sp³-hybridized carbons (Fsp3) is 0.899. The number of allylic oxidation sites excluding steroid dienone is 5. The first-order chi connectivity index (χ1) is 42.0. The summed E-state index contributed by atoms with van der Waals surface area (Å²) < 4.78 is 5.51. The van der Waals surface area contributed by atoms with Crippen LogP contribution in [-0.2, 0) is 14.3 Å². The lowest BCUT2D eigenvalue weighted by atomic mass is 10.0. The zero-order valence-corrected chi connectivity index (χ0v) is 57.6. The molecule has 0 spiro atoms. The van der Waals surface area contributed by atoms with Gasteiger partial charge in [-0.05, 0) is 64.2 Å². The maximum Gasteiger partial charge on any atom is 0.305 e. The van der Waals surface area contributed by atoms with Crippen molar-refractivity contribution in [2.45, 2.75) is 443 Å². The van der Waals surface area contributed by atoms with Crippen LogP contribution in [0.5, 0.6) is 0 Å². The first-order valence-corrected chi connectivity index (χ1v) is 38.8. The Morgan fingerprint density at radius 1 is 0.329 bits per heavy atom. The monoisotopic (exact) mass is 1190 g/mol. The van der Waals surface area contributed by atoms with Gasteiger partial charge in [-0.25, -0.2) is 0 Å². The summed E-state index contributed by atoms with van der Waals surface area (Å²) in [6, 6.07) is -0.624. The van der Waals surface area contributed by atoms with Gasteiger partial charge >= 0.3 is 5.97 Å². The third kappa shape index (κ3) is 71.0. The van der Waals surface area contributed by atoms with Crippen molar-refractivity contribution in [2.75, 3.05) is 13.2 Å². The maximum atomic E-state index is 12.5. The van der Waals surface area contributed by atoms with Crippen LogP contribution in [0.1, 0.15) is 431 Å². The Balaban J connectivity index is 3.33. The number of rotatable bonds is 73. The molecule has 0 rings (SSSR count). The van der Waals surface area contributed by atoms with E-state index >= 15 is 0 Å². The molecule has 6 heteroatoms. The van der Waals surface area contributed by atoms with Gasteiger partial charge < -0.3 is 20.3 Å². The summed E-state index contributed by atoms with van der Waals surface area (Å²) in [5, 5.41) is 23.2. The Hall–Kier alpha value is -1.92. The van der Waals surface area contributed by atoms with Gasteiger partial charge in [-0.15, -0.1) is 0 Å². The summed E-state index contributed by atoms with van der Waals surface area (Å²) in [5.41, 5.74) is 0. The largest absolute Gasteiger partial charge is 0.466 e. The summed E-state index contributed by atoms with van der Waals surface area (Å²) >= 11 is 0. The second-order valence-corrected chi connectivity index (χ2v) is 26.7. The van der Waals surface area contributed by atoms with E-state index in [1.807, 2.05) is 6.08 Å². The van der Waals surface area contributed by atoms with E-state index in [0.29, 0.717) is 19.4 Å². The summed E-state index contributed by atoms with van der Waals surface area (Å²) in [4.78, 5) is 24.6. The summed E-state index contributed by atoms with van der Waals surface area (Å²) in [6.07, 6.45) is 96.9. The number of nitrogens with one attached hydrogen (secondary N) is 1. The van der Waals surface area contributed by atoms with Gasteiger partial charge in [0.2, 0.25) is 5.91 Å². The lowest BCUT2D eigenvalue weighted by molar-refractivity contribution is -0.143. The standard InChI is InChI=1S/C79H151NO5/c1-3-5-7-9-11-13-15-17-19-21-41-45-49-53-57-61-65-69-73-79(84)85-74-70-66-62-58-54-50-46-42-38-36-34-32-30-28-26-24-22-23-25-27-29-31-33-35-37-40-44-48-52-56-60-64-68-72-78(83)80-76(75-81)77(82)71-67-63-59-55-51-47-43-39-20-18-16-14-12-10-8-6-4-2/h13,15,19,21,67,71,76-77,81-82H,3-12,14,16-18,20,22-66,68-70,72-75H2,1-2H3,(H,80,83)/b15-13-,21-19-,71-67+. The highest BCUT2D eigenvalue weighted by molar-refractivity contribution is 5.76. The van der Waals surface area contributed by atoms with E-state index in [1.54, 1.807) is 6.08 Å². The number of carbonyl (C=O) groups is 2. The minimum atomic E-state index is -0.841. The molecular weight excluding hydrogens is 1040 g/mol. The maximum absolute atomic E-state index is 12.5. The van der Waals surface area contributed by atoms with Crippen molar-refractivity contribution in [3.63, 3.8) is 0 Å². The Labute approximate surface area is 532 Å². The Bertz CT molecular complexity index is 1380. The normalized spacial score (nSPS) is 12.7. The van der Waals surface area contributed by atoms with Crippen LogP contribution in [0.4, 0.5) is 0 Å². The number of amides is 1. The van der Waals surface area contributed by atoms with Gasteiger partial charge in [0, 0.05) is 12.8 Å². The van der Waals surface area contributed by atoms with E-state index in [9.17, 15) is 19.8 Å². The van der Waals surface area contributed by atoms with Crippen LogP contribution in [0.2, 0.25) is 0 Å². The molecular formula is C79H151NO5. The number of hydrogen-bond acceptors (Lipinski definition) is 5. The molecule has 1 amide bonds. The molecule has 0 aromatic carbocycles. The Kier molecular flexibility index (Phi) is 72.9. The third-order valence-electron chi connectivity index (χ3n) is 18.2. The number of esters is 1. The van der Waals surface area contributed by atoms with Gasteiger partial charge in [0.15, 0.2) is 0 Å². The van der Waals surface area contributed by atoms with Gasteiger partial charge in [0.05, 0.1) is 25.4 Å². The molecule has 0 aliphatic carbocycles. The van der Waals surface area contributed by atoms with Gasteiger partial charge in [-0.1, -0.05) is 391 Å². The summed E-state index contributed by atoms with van der Waals surface area (Å²) in [6.45, 7) is 4.93. The number of ether oxygens (including phenoxy) is 1. The lowest BCUT2D eigenvalue weighted by Gasteiger charge is -2.20. The lowest BCUT2D eigenvalue weighted by Crippen LogP contribution is -2.45. The average Bonchev–Trinajstić information content (AvgIpc) is 3.50. The van der Waals surface area contributed by atoms with Crippen LogP contribution in [0.15, 0.2) is 36.5 Å². The smallest absolute Gasteiger partial charge is 0.305 e. The fourth-order valence-electron chi connectivity index (χ4n) is 12.3. The minimum absolute atomic E-state index is 0.0147. The fourth-order valence-corrected chi connectivity index (χ4v) is 12.3. The van der Waals surface area contributed by atoms with Crippen molar-refractivity contribution < 1.29 is 24.5 Å². The van der Waals surface area contributed by atoms with Gasteiger partial charge in [-0.2, -0.15) is 0 Å². The molecule has 2 unspecified atom stereocenters. The molecule has 0 aromatic rings. The number of carbonyl (C=O) groups excluding carboxylic acids is 2. The van der Waals surface area contributed by atoms with Crippen molar-refractivity contribution in [3.8, 4) is 0 Å². The molecule has 85 heavy (non-hydrogen) atoms. The molecule has 2 atom stereocenters. The van der Waals surface area contributed by atoms with E-state index in [-0.39, 0.29) is 18.5 Å².